The first kappa shape index (κ1) is 30.1. The van der Waals surface area contributed by atoms with Gasteiger partial charge in [-0.05, 0) is 80.2 Å². The van der Waals surface area contributed by atoms with Crippen molar-refractivity contribution in [3.05, 3.63) is 82.1 Å². The second-order valence-electron chi connectivity index (χ2n) is 10.8. The maximum Gasteiger partial charge on any atom is 0.495 e. The smallest absolute Gasteiger partial charge is 0.495 e. The van der Waals surface area contributed by atoms with Gasteiger partial charge < -0.3 is 23.7 Å². The van der Waals surface area contributed by atoms with Crippen LogP contribution in [0.4, 0.5) is 18.9 Å². The Morgan fingerprint density at radius 3 is 1.70 bits per heavy atom. The topological polar surface area (TPSA) is 40.2 Å². The molecule has 1 aliphatic rings. The average molecular weight is 576 g/mol. The second-order valence-corrected chi connectivity index (χ2v) is 11.2. The van der Waals surface area contributed by atoms with Crippen molar-refractivity contribution in [3.8, 4) is 11.5 Å². The van der Waals surface area contributed by atoms with Crippen LogP contribution in [0.15, 0.2) is 54.6 Å². The summed E-state index contributed by atoms with van der Waals surface area (Å²) in [6.07, 6.45) is -3.47. The maximum atomic E-state index is 16.0. The van der Waals surface area contributed by atoms with E-state index in [1.165, 1.54) is 6.07 Å². The van der Waals surface area contributed by atoms with Crippen molar-refractivity contribution in [1.82, 2.24) is 0 Å². The Bertz CT molecular complexity index is 1250. The zero-order valence-electron chi connectivity index (χ0n) is 23.6. The number of benzene rings is 3. The Morgan fingerprint density at radius 1 is 0.850 bits per heavy atom. The summed E-state index contributed by atoms with van der Waals surface area (Å²) in [6, 6.07) is 16.4. The van der Waals surface area contributed by atoms with Gasteiger partial charge >= 0.3 is 7.12 Å². The zero-order valence-corrected chi connectivity index (χ0v) is 24.3. The van der Waals surface area contributed by atoms with Gasteiger partial charge in [0.15, 0.2) is 5.82 Å². The summed E-state index contributed by atoms with van der Waals surface area (Å²) in [5.74, 6) is 0.609. The van der Waals surface area contributed by atoms with Gasteiger partial charge in [-0.15, -0.1) is 0 Å². The number of hydrogen-bond donors (Lipinski definition) is 0. The summed E-state index contributed by atoms with van der Waals surface area (Å²) < 4.78 is 66.3. The highest BCUT2D eigenvalue weighted by atomic mass is 35.5. The Morgan fingerprint density at radius 2 is 1.30 bits per heavy atom. The largest absolute Gasteiger partial charge is 0.497 e. The number of hydrogen-bond acceptors (Lipinski definition) is 5. The number of alkyl halides is 2. The average Bonchev–Trinajstić information content (AvgIpc) is 3.13. The predicted octanol–water partition coefficient (Wildman–Crippen LogP) is 6.81. The van der Waals surface area contributed by atoms with Crippen LogP contribution in [-0.2, 0) is 28.8 Å². The molecule has 1 aliphatic heterocycles. The molecule has 0 radical (unpaired) electrons. The van der Waals surface area contributed by atoms with Crippen LogP contribution in [0.1, 0.15) is 44.4 Å². The van der Waals surface area contributed by atoms with E-state index < -0.39 is 37.0 Å². The molecule has 0 bridgehead atoms. The van der Waals surface area contributed by atoms with Crippen LogP contribution in [0.5, 0.6) is 11.5 Å². The minimum absolute atomic E-state index is 0.0229. The van der Waals surface area contributed by atoms with Crippen molar-refractivity contribution in [3.63, 3.8) is 0 Å². The van der Waals surface area contributed by atoms with Gasteiger partial charge in [0, 0.05) is 19.5 Å². The molecule has 0 atom stereocenters. The molecule has 0 aromatic heterocycles. The van der Waals surface area contributed by atoms with Gasteiger partial charge in [0.2, 0.25) is 6.43 Å². The van der Waals surface area contributed by atoms with E-state index in [0.29, 0.717) is 24.6 Å². The lowest BCUT2D eigenvalue weighted by Gasteiger charge is -2.32. The quantitative estimate of drug-likeness (QED) is 0.249. The van der Waals surface area contributed by atoms with E-state index in [2.05, 4.69) is 0 Å². The lowest BCUT2D eigenvalue weighted by Crippen LogP contribution is -2.41. The first-order chi connectivity index (χ1) is 18.8. The fourth-order valence-electron chi connectivity index (χ4n) is 4.57. The van der Waals surface area contributed by atoms with Gasteiger partial charge in [-0.25, -0.2) is 13.2 Å². The molecule has 1 heterocycles. The number of ether oxygens (including phenoxy) is 2. The third kappa shape index (κ3) is 6.37. The van der Waals surface area contributed by atoms with Gasteiger partial charge in [-0.1, -0.05) is 35.9 Å². The first-order valence-corrected chi connectivity index (χ1v) is 13.4. The van der Waals surface area contributed by atoms with Crippen LogP contribution in [0, 0.1) is 5.82 Å². The highest BCUT2D eigenvalue weighted by Gasteiger charge is 2.52. The first-order valence-electron chi connectivity index (χ1n) is 13.0. The molecule has 0 amide bonds. The fourth-order valence-corrected chi connectivity index (χ4v) is 4.85. The fraction of sp³-hybridized carbons (Fsp3) is 0.400. The minimum Gasteiger partial charge on any atom is -0.497 e. The van der Waals surface area contributed by atoms with Crippen LogP contribution in [-0.4, -0.2) is 39.0 Å². The van der Waals surface area contributed by atoms with Gasteiger partial charge in [0.1, 0.15) is 11.5 Å². The van der Waals surface area contributed by atoms with Crippen LogP contribution in [0.25, 0.3) is 0 Å². The van der Waals surface area contributed by atoms with E-state index in [-0.39, 0.29) is 21.7 Å². The molecule has 214 valence electrons. The molecule has 0 N–H and O–H groups in total. The van der Waals surface area contributed by atoms with Crippen LogP contribution < -0.4 is 19.8 Å². The molecule has 3 aromatic rings. The zero-order chi connectivity index (χ0) is 29.2. The number of anilines is 1. The summed E-state index contributed by atoms with van der Waals surface area (Å²) in [5.41, 5.74) is 0.732. The summed E-state index contributed by atoms with van der Waals surface area (Å²) >= 11 is 6.52. The number of methoxy groups -OCH3 is 2. The van der Waals surface area contributed by atoms with Crippen LogP contribution in [0.2, 0.25) is 5.02 Å². The summed E-state index contributed by atoms with van der Waals surface area (Å²) in [7, 11) is 2.17. The van der Waals surface area contributed by atoms with E-state index in [1.54, 1.807) is 14.2 Å². The summed E-state index contributed by atoms with van der Waals surface area (Å²) in [4.78, 5) is 1.81. The van der Waals surface area contributed by atoms with E-state index in [0.717, 1.165) is 11.1 Å². The molecule has 40 heavy (non-hydrogen) atoms. The van der Waals surface area contributed by atoms with Crippen molar-refractivity contribution in [2.75, 3.05) is 19.1 Å². The van der Waals surface area contributed by atoms with Gasteiger partial charge in [0.05, 0.1) is 36.1 Å². The third-order valence-corrected chi connectivity index (χ3v) is 7.99. The Balaban J connectivity index is 1.82. The molecule has 0 saturated carbocycles. The lowest BCUT2D eigenvalue weighted by molar-refractivity contribution is 0.00578. The minimum atomic E-state index is -2.74. The van der Waals surface area contributed by atoms with E-state index in [4.69, 9.17) is 30.4 Å². The van der Waals surface area contributed by atoms with Crippen molar-refractivity contribution in [2.24, 2.45) is 0 Å². The monoisotopic (exact) mass is 575 g/mol. The van der Waals surface area contributed by atoms with E-state index >= 15 is 4.39 Å². The van der Waals surface area contributed by atoms with Crippen molar-refractivity contribution < 1.29 is 32.0 Å². The summed E-state index contributed by atoms with van der Waals surface area (Å²) in [5, 5.41) is -0.364. The molecular weight excluding hydrogens is 542 g/mol. The van der Waals surface area contributed by atoms with Crippen LogP contribution in [0.3, 0.4) is 0 Å². The standard InChI is InChI=1S/C30H34BClF3NO4/c1-29(2)30(3,4)40-31(39-29)24-16-25(28(35)27(32)23(24)15-26(33)34)36(17-19-7-11-21(37-5)12-8-19)18-20-9-13-22(38-6)14-10-20/h7-14,16,26H,15,17-18H2,1-6H3. The molecule has 0 unspecified atom stereocenters. The molecule has 4 rings (SSSR count). The number of nitrogens with zero attached hydrogens (tertiary/aromatic N) is 1. The summed E-state index contributed by atoms with van der Waals surface area (Å²) in [6.45, 7) is 8.08. The van der Waals surface area contributed by atoms with Crippen molar-refractivity contribution >= 4 is 29.9 Å². The highest BCUT2D eigenvalue weighted by molar-refractivity contribution is 6.63. The highest BCUT2D eigenvalue weighted by Crippen LogP contribution is 2.39. The van der Waals surface area contributed by atoms with E-state index in [9.17, 15) is 8.78 Å². The SMILES string of the molecule is COc1ccc(CN(Cc2ccc(OC)cc2)c2cc(B3OC(C)(C)C(C)(C)O3)c(CC(F)F)c(Cl)c2F)cc1. The second kappa shape index (κ2) is 11.9. The van der Waals surface area contributed by atoms with Crippen molar-refractivity contribution in [2.45, 2.75) is 64.8 Å². The van der Waals surface area contributed by atoms with Gasteiger partial charge in [0.25, 0.3) is 0 Å². The molecule has 3 aromatic carbocycles. The Labute approximate surface area is 239 Å². The van der Waals surface area contributed by atoms with Crippen LogP contribution >= 0.6 is 11.6 Å². The molecule has 0 aliphatic carbocycles. The third-order valence-electron chi connectivity index (χ3n) is 7.59. The molecule has 5 nitrogen and oxygen atoms in total. The predicted molar refractivity (Wildman–Crippen MR) is 153 cm³/mol. The lowest BCUT2D eigenvalue weighted by atomic mass is 9.74. The van der Waals surface area contributed by atoms with Gasteiger partial charge in [-0.2, -0.15) is 0 Å². The number of rotatable bonds is 10. The Kier molecular flexibility index (Phi) is 8.97. The molecule has 1 fully saturated rings. The number of halogens is 4. The maximum absolute atomic E-state index is 16.0. The Hall–Kier alpha value is -2.88. The van der Waals surface area contributed by atoms with Crippen molar-refractivity contribution in [1.29, 1.82) is 0 Å². The normalized spacial score (nSPS) is 15.9. The molecule has 0 spiro atoms. The molecule has 1 saturated heterocycles. The van der Waals surface area contributed by atoms with E-state index in [1.807, 2.05) is 81.1 Å². The molecule has 10 heteroatoms. The van der Waals surface area contributed by atoms with Gasteiger partial charge in [-0.3, -0.25) is 0 Å². The molecular formula is C30H34BClF3NO4.